The van der Waals surface area contributed by atoms with Gasteiger partial charge in [0.2, 0.25) is 5.78 Å². The first-order valence-corrected chi connectivity index (χ1v) is 5.99. The molecular weight excluding hydrogens is 253 g/mol. The highest BCUT2D eigenvalue weighted by Crippen LogP contribution is 2.23. The highest BCUT2D eigenvalue weighted by molar-refractivity contribution is 7.32. The normalized spacial score (nSPS) is 13.4. The average Bonchev–Trinajstić information content (AvgIpc) is 2.26. The third-order valence-electron chi connectivity index (χ3n) is 2.00. The smallest absolute Gasteiger partial charge is 0.317 e. The molecule has 0 aliphatic heterocycles. The molecule has 1 N–H and O–H groups in total. The standard InChI is InChI=1S/C10H11F2O4P/c11-10(12,9(13)7-16-17(14)15)6-8-4-2-1-3-5-8/h1-5,17H,6-7H2,(H,14,15). The monoisotopic (exact) mass is 264 g/mol. The Bertz CT molecular complexity index is 408. The van der Waals surface area contributed by atoms with Crippen LogP contribution in [0.4, 0.5) is 8.78 Å². The summed E-state index contributed by atoms with van der Waals surface area (Å²) < 4.78 is 40.9. The van der Waals surface area contributed by atoms with Crippen molar-refractivity contribution >= 4 is 14.0 Å². The number of hydrogen-bond acceptors (Lipinski definition) is 3. The van der Waals surface area contributed by atoms with Crippen molar-refractivity contribution in [1.29, 1.82) is 0 Å². The van der Waals surface area contributed by atoms with Crippen molar-refractivity contribution in [3.63, 3.8) is 0 Å². The second kappa shape index (κ2) is 6.00. The Morgan fingerprint density at radius 3 is 2.47 bits per heavy atom. The fourth-order valence-corrected chi connectivity index (χ4v) is 1.44. The maximum Gasteiger partial charge on any atom is 0.317 e. The molecule has 0 heterocycles. The zero-order valence-electron chi connectivity index (χ0n) is 8.73. The number of alkyl halides is 2. The molecule has 1 aromatic rings. The van der Waals surface area contributed by atoms with Crippen molar-refractivity contribution in [2.75, 3.05) is 6.61 Å². The lowest BCUT2D eigenvalue weighted by Gasteiger charge is -2.14. The van der Waals surface area contributed by atoms with Gasteiger partial charge in [0.25, 0.3) is 0 Å². The van der Waals surface area contributed by atoms with E-state index in [4.69, 9.17) is 4.89 Å². The molecule has 1 aromatic carbocycles. The van der Waals surface area contributed by atoms with Gasteiger partial charge in [-0.2, -0.15) is 8.78 Å². The second-order valence-electron chi connectivity index (χ2n) is 3.34. The average molecular weight is 264 g/mol. The number of benzene rings is 1. The van der Waals surface area contributed by atoms with E-state index < -0.39 is 33.0 Å². The number of carbonyl (C=O) groups is 1. The molecule has 0 aromatic heterocycles. The summed E-state index contributed by atoms with van der Waals surface area (Å²) in [7, 11) is -3.37. The Hall–Kier alpha value is -1.10. The largest absolute Gasteiger partial charge is 0.326 e. The van der Waals surface area contributed by atoms with Crippen LogP contribution in [0.2, 0.25) is 0 Å². The summed E-state index contributed by atoms with van der Waals surface area (Å²) in [5, 5.41) is 0. The van der Waals surface area contributed by atoms with E-state index in [1.165, 1.54) is 12.1 Å². The van der Waals surface area contributed by atoms with Gasteiger partial charge in [-0.15, -0.1) is 0 Å². The van der Waals surface area contributed by atoms with Crippen LogP contribution in [0.25, 0.3) is 0 Å². The van der Waals surface area contributed by atoms with Gasteiger partial charge in [0.05, 0.1) is 0 Å². The number of halogens is 2. The molecule has 0 saturated heterocycles. The maximum absolute atomic E-state index is 13.4. The van der Waals surface area contributed by atoms with Gasteiger partial charge < -0.3 is 9.42 Å². The molecule has 4 nitrogen and oxygen atoms in total. The van der Waals surface area contributed by atoms with Crippen LogP contribution in [0.1, 0.15) is 5.56 Å². The minimum Gasteiger partial charge on any atom is -0.326 e. The first-order valence-electron chi connectivity index (χ1n) is 4.72. The van der Waals surface area contributed by atoms with Gasteiger partial charge in [-0.25, -0.2) is 0 Å². The summed E-state index contributed by atoms with van der Waals surface area (Å²) in [4.78, 5) is 19.3. The van der Waals surface area contributed by atoms with Gasteiger partial charge in [-0.1, -0.05) is 30.3 Å². The summed E-state index contributed by atoms with van der Waals surface area (Å²) in [5.74, 6) is -5.10. The van der Waals surface area contributed by atoms with E-state index >= 15 is 0 Å². The van der Waals surface area contributed by atoms with E-state index in [1.54, 1.807) is 18.2 Å². The predicted octanol–water partition coefficient (Wildman–Crippen LogP) is 1.83. The maximum atomic E-state index is 13.4. The topological polar surface area (TPSA) is 63.6 Å². The van der Waals surface area contributed by atoms with E-state index in [-0.39, 0.29) is 0 Å². The Balaban J connectivity index is 2.61. The fourth-order valence-electron chi connectivity index (χ4n) is 1.18. The molecule has 17 heavy (non-hydrogen) atoms. The first kappa shape index (κ1) is 14.0. The highest BCUT2D eigenvalue weighted by atomic mass is 31.1. The molecule has 0 amide bonds. The lowest BCUT2D eigenvalue weighted by Crippen LogP contribution is -2.33. The van der Waals surface area contributed by atoms with E-state index in [1.807, 2.05) is 0 Å². The Morgan fingerprint density at radius 1 is 1.35 bits per heavy atom. The third kappa shape index (κ3) is 4.73. The summed E-state index contributed by atoms with van der Waals surface area (Å²) in [5.41, 5.74) is 0.308. The molecule has 0 saturated carbocycles. The lowest BCUT2D eigenvalue weighted by molar-refractivity contribution is -0.145. The fraction of sp³-hybridized carbons (Fsp3) is 0.300. The SMILES string of the molecule is O=C(CO[PH](=O)O)C(F)(F)Cc1ccccc1. The molecule has 0 radical (unpaired) electrons. The molecule has 94 valence electrons. The van der Waals surface area contributed by atoms with Crippen molar-refractivity contribution in [2.45, 2.75) is 12.3 Å². The molecule has 0 aliphatic carbocycles. The number of rotatable bonds is 6. The summed E-state index contributed by atoms with van der Waals surface area (Å²) in [6.07, 6.45) is -0.748. The second-order valence-corrected chi connectivity index (χ2v) is 4.17. The van der Waals surface area contributed by atoms with Crippen LogP contribution in [0.5, 0.6) is 0 Å². The van der Waals surface area contributed by atoms with Crippen LogP contribution >= 0.6 is 8.25 Å². The Kier molecular flexibility index (Phi) is 4.93. The first-order chi connectivity index (χ1) is 7.92. The number of Topliss-reactive ketones (excluding diaryl/α,β-unsaturated/α-hetero) is 1. The minimum absolute atomic E-state index is 0.308. The molecular formula is C10H11F2O4P. The molecule has 1 rings (SSSR count). The molecule has 1 unspecified atom stereocenters. The van der Waals surface area contributed by atoms with Gasteiger partial charge in [0.15, 0.2) is 0 Å². The van der Waals surface area contributed by atoms with Crippen molar-refractivity contribution < 1.29 is 27.6 Å². The highest BCUT2D eigenvalue weighted by Gasteiger charge is 2.38. The van der Waals surface area contributed by atoms with Gasteiger partial charge in [0, 0.05) is 6.42 Å². The summed E-state index contributed by atoms with van der Waals surface area (Å²) in [6.45, 7) is -1.06. The molecule has 0 fully saturated rings. The quantitative estimate of drug-likeness (QED) is 0.796. The van der Waals surface area contributed by atoms with E-state index in [9.17, 15) is 18.1 Å². The van der Waals surface area contributed by atoms with Crippen molar-refractivity contribution in [3.8, 4) is 0 Å². The molecule has 1 atom stereocenters. The van der Waals surface area contributed by atoms with Crippen molar-refractivity contribution in [1.82, 2.24) is 0 Å². The van der Waals surface area contributed by atoms with E-state index in [0.29, 0.717) is 5.56 Å². The number of ketones is 1. The Morgan fingerprint density at radius 2 is 1.94 bits per heavy atom. The third-order valence-corrected chi connectivity index (χ3v) is 2.39. The van der Waals surface area contributed by atoms with Crippen LogP contribution in [0, 0.1) is 0 Å². The predicted molar refractivity (Wildman–Crippen MR) is 57.3 cm³/mol. The van der Waals surface area contributed by atoms with Crippen LogP contribution in [-0.2, 0) is 20.3 Å². The van der Waals surface area contributed by atoms with Crippen LogP contribution < -0.4 is 0 Å². The van der Waals surface area contributed by atoms with Gasteiger partial charge >= 0.3 is 14.2 Å². The number of hydrogen-bond donors (Lipinski definition) is 1. The van der Waals surface area contributed by atoms with Crippen LogP contribution in [0.3, 0.4) is 0 Å². The molecule has 0 bridgehead atoms. The molecule has 0 spiro atoms. The summed E-state index contributed by atoms with van der Waals surface area (Å²) >= 11 is 0. The molecule has 0 aliphatic rings. The zero-order chi connectivity index (χ0) is 12.9. The Labute approximate surface area is 97.2 Å². The summed E-state index contributed by atoms with van der Waals surface area (Å²) in [6, 6.07) is 7.77. The minimum atomic E-state index is -3.60. The van der Waals surface area contributed by atoms with E-state index in [2.05, 4.69) is 4.52 Å². The van der Waals surface area contributed by atoms with Crippen molar-refractivity contribution in [2.24, 2.45) is 0 Å². The van der Waals surface area contributed by atoms with Gasteiger partial charge in [-0.05, 0) is 5.56 Å². The van der Waals surface area contributed by atoms with Crippen molar-refractivity contribution in [3.05, 3.63) is 35.9 Å². The van der Waals surface area contributed by atoms with Gasteiger partial charge in [-0.3, -0.25) is 9.36 Å². The zero-order valence-corrected chi connectivity index (χ0v) is 9.73. The van der Waals surface area contributed by atoms with Gasteiger partial charge in [0.1, 0.15) is 6.61 Å². The van der Waals surface area contributed by atoms with Crippen LogP contribution in [0.15, 0.2) is 30.3 Å². The molecule has 7 heteroatoms. The van der Waals surface area contributed by atoms with E-state index in [0.717, 1.165) is 0 Å². The van der Waals surface area contributed by atoms with Crippen LogP contribution in [-0.4, -0.2) is 23.2 Å². The lowest BCUT2D eigenvalue weighted by atomic mass is 10.0. The number of carbonyl (C=O) groups excluding carboxylic acids is 1.